The Balaban J connectivity index is 1.60. The van der Waals surface area contributed by atoms with Gasteiger partial charge in [-0.15, -0.1) is 11.3 Å². The van der Waals surface area contributed by atoms with Crippen LogP contribution in [0.15, 0.2) is 22.8 Å². The fourth-order valence-electron chi connectivity index (χ4n) is 3.07. The molecule has 2 heterocycles. The Bertz CT molecular complexity index is 826. The van der Waals surface area contributed by atoms with Crippen LogP contribution in [0.4, 0.5) is 5.00 Å². The van der Waals surface area contributed by atoms with E-state index in [0.29, 0.717) is 16.5 Å². The van der Waals surface area contributed by atoms with Gasteiger partial charge in [0.2, 0.25) is 5.91 Å². The van der Waals surface area contributed by atoms with Crippen LogP contribution in [0.1, 0.15) is 51.1 Å². The SMILES string of the molecule is C[C@H]1CCc2c(sc(NC(=O)CCNC(=O)c3ccco3)c2C(N)=O)C1. The number of primary amides is 1. The van der Waals surface area contributed by atoms with Crippen LogP contribution < -0.4 is 16.4 Å². The summed E-state index contributed by atoms with van der Waals surface area (Å²) < 4.78 is 4.98. The maximum Gasteiger partial charge on any atom is 0.286 e. The number of hydrogen-bond acceptors (Lipinski definition) is 5. The Hall–Kier alpha value is -2.61. The van der Waals surface area contributed by atoms with Crippen LogP contribution in [-0.2, 0) is 17.6 Å². The van der Waals surface area contributed by atoms with Gasteiger partial charge in [0.05, 0.1) is 11.8 Å². The van der Waals surface area contributed by atoms with Crippen molar-refractivity contribution in [2.24, 2.45) is 11.7 Å². The van der Waals surface area contributed by atoms with Crippen LogP contribution in [0.25, 0.3) is 0 Å². The third-order valence-corrected chi connectivity index (χ3v) is 5.56. The summed E-state index contributed by atoms with van der Waals surface area (Å²) in [4.78, 5) is 36.9. The van der Waals surface area contributed by atoms with E-state index in [1.807, 2.05) is 0 Å². The molecule has 1 aliphatic rings. The number of fused-ring (bicyclic) bond motifs is 1. The van der Waals surface area contributed by atoms with Crippen molar-refractivity contribution in [3.05, 3.63) is 40.2 Å². The topological polar surface area (TPSA) is 114 Å². The molecular formula is C18H21N3O4S. The zero-order valence-corrected chi connectivity index (χ0v) is 15.3. The van der Waals surface area contributed by atoms with Gasteiger partial charge in [-0.2, -0.15) is 0 Å². The molecule has 0 spiro atoms. The van der Waals surface area contributed by atoms with Crippen LogP contribution in [0.3, 0.4) is 0 Å². The summed E-state index contributed by atoms with van der Waals surface area (Å²) in [6.45, 7) is 2.34. The predicted molar refractivity (Wildman–Crippen MR) is 98.3 cm³/mol. The first-order chi connectivity index (χ1) is 12.5. The molecule has 0 radical (unpaired) electrons. The molecule has 2 aromatic heterocycles. The minimum absolute atomic E-state index is 0.0869. The van der Waals surface area contributed by atoms with Gasteiger partial charge < -0.3 is 20.8 Å². The summed E-state index contributed by atoms with van der Waals surface area (Å²) in [7, 11) is 0. The van der Waals surface area contributed by atoms with Gasteiger partial charge >= 0.3 is 0 Å². The molecule has 3 rings (SSSR count). The molecule has 1 atom stereocenters. The molecule has 0 bridgehead atoms. The van der Waals surface area contributed by atoms with Gasteiger partial charge in [0.15, 0.2) is 5.76 Å². The average Bonchev–Trinajstić information content (AvgIpc) is 3.21. The first kappa shape index (κ1) is 18.2. The summed E-state index contributed by atoms with van der Waals surface area (Å²) in [5.74, 6) is -0.415. The number of anilines is 1. The predicted octanol–water partition coefficient (Wildman–Crippen LogP) is 2.32. The van der Waals surface area contributed by atoms with Crippen molar-refractivity contribution in [3.63, 3.8) is 0 Å². The molecule has 0 aliphatic heterocycles. The van der Waals surface area contributed by atoms with Crippen LogP contribution in [0.5, 0.6) is 0 Å². The number of furan rings is 1. The van der Waals surface area contributed by atoms with E-state index in [-0.39, 0.29) is 30.5 Å². The molecule has 4 N–H and O–H groups in total. The zero-order chi connectivity index (χ0) is 18.7. The number of amides is 3. The van der Waals surface area contributed by atoms with Gasteiger partial charge in [0.25, 0.3) is 11.8 Å². The van der Waals surface area contributed by atoms with Crippen molar-refractivity contribution in [1.82, 2.24) is 5.32 Å². The minimum atomic E-state index is -0.515. The van der Waals surface area contributed by atoms with Crippen molar-refractivity contribution in [2.45, 2.75) is 32.6 Å². The fraction of sp³-hybridized carbons (Fsp3) is 0.389. The van der Waals surface area contributed by atoms with Crippen molar-refractivity contribution in [3.8, 4) is 0 Å². The number of thiophene rings is 1. The van der Waals surface area contributed by atoms with E-state index in [1.54, 1.807) is 12.1 Å². The Morgan fingerprint density at radius 2 is 2.19 bits per heavy atom. The molecule has 3 amide bonds. The zero-order valence-electron chi connectivity index (χ0n) is 14.5. The number of nitrogens with one attached hydrogen (secondary N) is 2. The Kier molecular flexibility index (Phi) is 5.41. The molecule has 7 nitrogen and oxygen atoms in total. The largest absolute Gasteiger partial charge is 0.459 e. The highest BCUT2D eigenvalue weighted by atomic mass is 32.1. The van der Waals surface area contributed by atoms with Crippen LogP contribution in [0, 0.1) is 5.92 Å². The van der Waals surface area contributed by atoms with E-state index >= 15 is 0 Å². The fourth-order valence-corrected chi connectivity index (χ4v) is 4.51. The lowest BCUT2D eigenvalue weighted by molar-refractivity contribution is -0.116. The average molecular weight is 375 g/mol. The smallest absolute Gasteiger partial charge is 0.286 e. The van der Waals surface area contributed by atoms with E-state index in [4.69, 9.17) is 10.2 Å². The van der Waals surface area contributed by atoms with Crippen molar-refractivity contribution >= 4 is 34.1 Å². The van der Waals surface area contributed by atoms with Gasteiger partial charge in [-0.3, -0.25) is 14.4 Å². The number of carbonyl (C=O) groups is 3. The molecule has 0 unspecified atom stereocenters. The molecule has 0 fully saturated rings. The summed E-state index contributed by atoms with van der Waals surface area (Å²) in [6, 6.07) is 3.16. The highest BCUT2D eigenvalue weighted by molar-refractivity contribution is 7.17. The van der Waals surface area contributed by atoms with E-state index < -0.39 is 5.91 Å². The summed E-state index contributed by atoms with van der Waals surface area (Å²) in [6.07, 6.45) is 4.21. The lowest BCUT2D eigenvalue weighted by Gasteiger charge is -2.18. The molecule has 0 saturated heterocycles. The lowest BCUT2D eigenvalue weighted by Crippen LogP contribution is -2.27. The van der Waals surface area contributed by atoms with E-state index in [2.05, 4.69) is 17.6 Å². The number of carbonyl (C=O) groups excluding carboxylic acids is 3. The molecule has 26 heavy (non-hydrogen) atoms. The van der Waals surface area contributed by atoms with Crippen molar-refractivity contribution in [1.29, 1.82) is 0 Å². The van der Waals surface area contributed by atoms with Gasteiger partial charge in [-0.1, -0.05) is 6.92 Å². The van der Waals surface area contributed by atoms with E-state index in [9.17, 15) is 14.4 Å². The molecule has 2 aromatic rings. The van der Waals surface area contributed by atoms with Gasteiger partial charge in [0.1, 0.15) is 5.00 Å². The second kappa shape index (κ2) is 7.74. The molecule has 138 valence electrons. The van der Waals surface area contributed by atoms with Gasteiger partial charge in [-0.05, 0) is 42.9 Å². The van der Waals surface area contributed by atoms with E-state index in [0.717, 1.165) is 29.7 Å². The van der Waals surface area contributed by atoms with Gasteiger partial charge in [-0.25, -0.2) is 0 Å². The Morgan fingerprint density at radius 1 is 1.38 bits per heavy atom. The first-order valence-corrected chi connectivity index (χ1v) is 9.33. The number of hydrogen-bond donors (Lipinski definition) is 3. The summed E-state index contributed by atoms with van der Waals surface area (Å²) in [5.41, 5.74) is 6.95. The maximum atomic E-state index is 12.2. The lowest BCUT2D eigenvalue weighted by atomic mass is 9.88. The Morgan fingerprint density at radius 3 is 2.88 bits per heavy atom. The third-order valence-electron chi connectivity index (χ3n) is 4.39. The molecule has 1 aliphatic carbocycles. The van der Waals surface area contributed by atoms with Gasteiger partial charge in [0, 0.05) is 17.8 Å². The van der Waals surface area contributed by atoms with Crippen molar-refractivity contribution < 1.29 is 18.8 Å². The molecular weight excluding hydrogens is 354 g/mol. The molecule has 0 aromatic carbocycles. The quantitative estimate of drug-likeness (QED) is 0.719. The van der Waals surface area contributed by atoms with Crippen molar-refractivity contribution in [2.75, 3.05) is 11.9 Å². The van der Waals surface area contributed by atoms with Crippen LogP contribution in [0.2, 0.25) is 0 Å². The maximum absolute atomic E-state index is 12.2. The van der Waals surface area contributed by atoms with Crippen LogP contribution in [-0.4, -0.2) is 24.3 Å². The third kappa shape index (κ3) is 3.96. The Labute approximate surface area is 154 Å². The normalized spacial score (nSPS) is 16.0. The standard InChI is InChI=1S/C18H21N3O4S/c1-10-4-5-11-13(9-10)26-18(15(11)16(19)23)21-14(22)6-7-20-17(24)12-3-2-8-25-12/h2-3,8,10H,4-7,9H2,1H3,(H2,19,23)(H,20,24)(H,21,22)/t10-/m0/s1. The molecule has 0 saturated carbocycles. The second-order valence-electron chi connectivity index (χ2n) is 6.45. The summed E-state index contributed by atoms with van der Waals surface area (Å²) >= 11 is 1.43. The monoisotopic (exact) mass is 375 g/mol. The van der Waals surface area contributed by atoms with E-state index in [1.165, 1.54) is 17.6 Å². The molecule has 8 heteroatoms. The first-order valence-electron chi connectivity index (χ1n) is 8.51. The highest BCUT2D eigenvalue weighted by Gasteiger charge is 2.27. The number of rotatable bonds is 6. The second-order valence-corrected chi connectivity index (χ2v) is 7.56. The number of nitrogens with two attached hydrogens (primary N) is 1. The minimum Gasteiger partial charge on any atom is -0.459 e. The summed E-state index contributed by atoms with van der Waals surface area (Å²) in [5, 5.41) is 5.90. The van der Waals surface area contributed by atoms with Crippen LogP contribution >= 0.6 is 11.3 Å². The highest BCUT2D eigenvalue weighted by Crippen LogP contribution is 2.39.